The largest absolute Gasteiger partial charge is 0.497 e. The number of benzene rings is 1. The van der Waals surface area contributed by atoms with Crippen LogP contribution < -0.4 is 4.74 Å². The average Bonchev–Trinajstić information content (AvgIpc) is 2.80. The molecular weight excluding hydrogens is 188 g/mol. The van der Waals surface area contributed by atoms with Gasteiger partial charge in [-0.25, -0.2) is 4.68 Å². The minimum absolute atomic E-state index is 0.867. The van der Waals surface area contributed by atoms with Crippen molar-refractivity contribution in [2.75, 3.05) is 7.11 Å². The summed E-state index contributed by atoms with van der Waals surface area (Å²) in [5, 5.41) is 4.07. The predicted molar refractivity (Wildman–Crippen MR) is 60.4 cm³/mol. The third-order valence-electron chi connectivity index (χ3n) is 2.06. The summed E-state index contributed by atoms with van der Waals surface area (Å²) in [5.74, 6) is 0.867. The molecule has 2 rings (SSSR count). The fraction of sp³-hybridized carbons (Fsp3) is 0.0833. The van der Waals surface area contributed by atoms with Gasteiger partial charge in [0.25, 0.3) is 0 Å². The molecule has 0 radical (unpaired) electrons. The van der Waals surface area contributed by atoms with Gasteiger partial charge in [0.05, 0.1) is 7.11 Å². The Bertz CT molecular complexity index is 429. The summed E-state index contributed by atoms with van der Waals surface area (Å²) >= 11 is 0. The van der Waals surface area contributed by atoms with Crippen LogP contribution in [-0.4, -0.2) is 16.9 Å². The molecular formula is C12H12N2O. The van der Waals surface area contributed by atoms with E-state index in [-0.39, 0.29) is 0 Å². The van der Waals surface area contributed by atoms with Gasteiger partial charge in [0.2, 0.25) is 0 Å². The number of methoxy groups -OCH3 is 1. The number of hydrogen-bond acceptors (Lipinski definition) is 2. The van der Waals surface area contributed by atoms with E-state index in [0.717, 1.165) is 11.3 Å². The Morgan fingerprint density at radius 1 is 1.27 bits per heavy atom. The van der Waals surface area contributed by atoms with Gasteiger partial charge in [0.15, 0.2) is 0 Å². The molecule has 0 bridgehead atoms. The van der Waals surface area contributed by atoms with Crippen LogP contribution in [0.3, 0.4) is 0 Å². The van der Waals surface area contributed by atoms with Crippen molar-refractivity contribution >= 4 is 12.3 Å². The molecule has 0 fully saturated rings. The second kappa shape index (κ2) is 4.46. The second-order valence-corrected chi connectivity index (χ2v) is 3.07. The highest BCUT2D eigenvalue weighted by Crippen LogP contribution is 2.12. The number of nitrogens with zero attached hydrogens (tertiary/aromatic N) is 2. The highest BCUT2D eigenvalue weighted by atomic mass is 16.5. The molecule has 1 heterocycles. The van der Waals surface area contributed by atoms with Crippen molar-refractivity contribution in [2.45, 2.75) is 0 Å². The topological polar surface area (TPSA) is 27.1 Å². The van der Waals surface area contributed by atoms with Crippen molar-refractivity contribution in [3.8, 4) is 5.75 Å². The third kappa shape index (κ3) is 2.47. The highest BCUT2D eigenvalue weighted by Gasteiger charge is 1.89. The SMILES string of the molecule is COc1ccc(C=Cn2cccn2)cc1. The Morgan fingerprint density at radius 2 is 2.07 bits per heavy atom. The average molecular weight is 200 g/mol. The monoisotopic (exact) mass is 200 g/mol. The van der Waals surface area contributed by atoms with E-state index >= 15 is 0 Å². The van der Waals surface area contributed by atoms with Crippen molar-refractivity contribution in [3.05, 3.63) is 48.3 Å². The van der Waals surface area contributed by atoms with Crippen LogP contribution in [0.4, 0.5) is 0 Å². The molecule has 0 aliphatic rings. The molecule has 0 unspecified atom stereocenters. The van der Waals surface area contributed by atoms with Gasteiger partial charge in [0.1, 0.15) is 5.75 Å². The van der Waals surface area contributed by atoms with Gasteiger partial charge in [-0.1, -0.05) is 12.1 Å². The quantitative estimate of drug-likeness (QED) is 0.761. The molecule has 3 heteroatoms. The van der Waals surface area contributed by atoms with Crippen LogP contribution in [-0.2, 0) is 0 Å². The van der Waals surface area contributed by atoms with Crippen molar-refractivity contribution < 1.29 is 4.74 Å². The first-order valence-electron chi connectivity index (χ1n) is 4.70. The Morgan fingerprint density at radius 3 is 2.67 bits per heavy atom. The van der Waals surface area contributed by atoms with E-state index in [4.69, 9.17) is 4.74 Å². The Kier molecular flexibility index (Phi) is 2.83. The van der Waals surface area contributed by atoms with Crippen molar-refractivity contribution in [1.82, 2.24) is 9.78 Å². The zero-order valence-electron chi connectivity index (χ0n) is 8.50. The van der Waals surface area contributed by atoms with E-state index in [1.165, 1.54) is 0 Å². The van der Waals surface area contributed by atoms with E-state index in [2.05, 4.69) is 5.10 Å². The summed E-state index contributed by atoms with van der Waals surface area (Å²) in [6.07, 6.45) is 7.53. The van der Waals surface area contributed by atoms with Crippen molar-refractivity contribution in [1.29, 1.82) is 0 Å². The van der Waals surface area contributed by atoms with E-state index in [1.54, 1.807) is 18.0 Å². The summed E-state index contributed by atoms with van der Waals surface area (Å²) in [5.41, 5.74) is 1.12. The molecule has 0 aliphatic carbocycles. The van der Waals surface area contributed by atoms with E-state index in [0.29, 0.717) is 0 Å². The fourth-order valence-electron chi connectivity index (χ4n) is 1.25. The predicted octanol–water partition coefficient (Wildman–Crippen LogP) is 2.52. The van der Waals surface area contributed by atoms with Crippen LogP contribution in [0, 0.1) is 0 Å². The number of hydrogen-bond donors (Lipinski definition) is 0. The molecule has 15 heavy (non-hydrogen) atoms. The van der Waals surface area contributed by atoms with Crippen molar-refractivity contribution in [2.24, 2.45) is 0 Å². The Balaban J connectivity index is 2.11. The molecule has 76 valence electrons. The van der Waals surface area contributed by atoms with Crippen LogP contribution in [0.5, 0.6) is 5.75 Å². The highest BCUT2D eigenvalue weighted by molar-refractivity contribution is 5.60. The molecule has 0 amide bonds. The maximum atomic E-state index is 5.08. The Hall–Kier alpha value is -2.03. The first-order chi connectivity index (χ1) is 7.38. The van der Waals surface area contributed by atoms with Gasteiger partial charge in [-0.15, -0.1) is 0 Å². The Labute approximate surface area is 88.6 Å². The molecule has 0 atom stereocenters. The number of ether oxygens (including phenoxy) is 1. The molecule has 0 saturated heterocycles. The van der Waals surface area contributed by atoms with Crippen molar-refractivity contribution in [3.63, 3.8) is 0 Å². The first-order valence-corrected chi connectivity index (χ1v) is 4.70. The van der Waals surface area contributed by atoms with Gasteiger partial charge < -0.3 is 4.74 Å². The summed E-state index contributed by atoms with van der Waals surface area (Å²) in [6.45, 7) is 0. The lowest BCUT2D eigenvalue weighted by Crippen LogP contribution is -1.85. The maximum absolute atomic E-state index is 5.08. The number of rotatable bonds is 3. The summed E-state index contributed by atoms with van der Waals surface area (Å²) in [7, 11) is 1.66. The smallest absolute Gasteiger partial charge is 0.118 e. The summed E-state index contributed by atoms with van der Waals surface area (Å²) in [4.78, 5) is 0. The van der Waals surface area contributed by atoms with Gasteiger partial charge in [-0.05, 0) is 29.8 Å². The number of aromatic nitrogens is 2. The molecule has 1 aromatic carbocycles. The lowest BCUT2D eigenvalue weighted by atomic mass is 10.2. The molecule has 0 aliphatic heterocycles. The summed E-state index contributed by atoms with van der Waals surface area (Å²) < 4.78 is 6.83. The lowest BCUT2D eigenvalue weighted by Gasteiger charge is -1.98. The molecule has 3 nitrogen and oxygen atoms in total. The minimum Gasteiger partial charge on any atom is -0.497 e. The molecule has 1 aromatic heterocycles. The van der Waals surface area contributed by atoms with E-state index < -0.39 is 0 Å². The lowest BCUT2D eigenvalue weighted by molar-refractivity contribution is 0.415. The van der Waals surface area contributed by atoms with Crippen LogP contribution in [0.15, 0.2) is 42.7 Å². The standard InChI is InChI=1S/C12H12N2O/c1-15-12-5-3-11(4-6-12)7-10-14-9-2-8-13-14/h2-10H,1H3. The first kappa shape index (κ1) is 9.52. The second-order valence-electron chi connectivity index (χ2n) is 3.07. The molecule has 0 spiro atoms. The molecule has 0 N–H and O–H groups in total. The molecule has 2 aromatic rings. The molecule has 0 saturated carbocycles. The zero-order chi connectivity index (χ0) is 10.5. The maximum Gasteiger partial charge on any atom is 0.118 e. The van der Waals surface area contributed by atoms with Crippen LogP contribution in [0.1, 0.15) is 5.56 Å². The minimum atomic E-state index is 0.867. The summed E-state index contributed by atoms with van der Waals surface area (Å²) in [6, 6.07) is 9.75. The van der Waals surface area contributed by atoms with Gasteiger partial charge in [0, 0.05) is 18.6 Å². The van der Waals surface area contributed by atoms with Crippen LogP contribution in [0.2, 0.25) is 0 Å². The van der Waals surface area contributed by atoms with Crippen LogP contribution in [0.25, 0.3) is 12.3 Å². The van der Waals surface area contributed by atoms with Gasteiger partial charge >= 0.3 is 0 Å². The zero-order valence-corrected chi connectivity index (χ0v) is 8.50. The normalized spacial score (nSPS) is 10.7. The fourth-order valence-corrected chi connectivity index (χ4v) is 1.25. The van der Waals surface area contributed by atoms with Gasteiger partial charge in [-0.3, -0.25) is 0 Å². The van der Waals surface area contributed by atoms with E-state index in [9.17, 15) is 0 Å². The van der Waals surface area contributed by atoms with E-state index in [1.807, 2.05) is 48.8 Å². The van der Waals surface area contributed by atoms with Gasteiger partial charge in [-0.2, -0.15) is 5.10 Å². The van der Waals surface area contributed by atoms with Crippen LogP contribution >= 0.6 is 0 Å². The third-order valence-corrected chi connectivity index (χ3v) is 2.06.